The minimum absolute atomic E-state index is 0.0666. The van der Waals surface area contributed by atoms with Crippen LogP contribution in [0.25, 0.3) is 0 Å². The summed E-state index contributed by atoms with van der Waals surface area (Å²) >= 11 is 0. The minimum atomic E-state index is -3.72. The highest BCUT2D eigenvalue weighted by molar-refractivity contribution is 7.92. The van der Waals surface area contributed by atoms with E-state index in [1.54, 1.807) is 32.9 Å². The average Bonchev–Trinajstić information content (AvgIpc) is 2.30. The Labute approximate surface area is 118 Å². The van der Waals surface area contributed by atoms with Gasteiger partial charge in [0.05, 0.1) is 4.90 Å². The Morgan fingerprint density at radius 3 is 2.20 bits per heavy atom. The molecule has 0 aliphatic heterocycles. The number of anilines is 2. The molecule has 0 spiro atoms. The zero-order valence-electron chi connectivity index (χ0n) is 11.5. The number of rotatable bonds is 3. The van der Waals surface area contributed by atoms with Gasteiger partial charge in [-0.15, -0.1) is 0 Å². The smallest absolute Gasteiger partial charge is 0.264 e. The predicted octanol–water partition coefficient (Wildman–Crippen LogP) is 1.78. The Balaban J connectivity index is 2.37. The van der Waals surface area contributed by atoms with Gasteiger partial charge in [-0.25, -0.2) is 23.1 Å². The molecular weight excluding hydrogens is 276 g/mol. The van der Waals surface area contributed by atoms with Crippen LogP contribution in [0.3, 0.4) is 0 Å². The van der Waals surface area contributed by atoms with E-state index in [0.29, 0.717) is 22.6 Å². The van der Waals surface area contributed by atoms with Crippen LogP contribution >= 0.6 is 0 Å². The third kappa shape index (κ3) is 3.05. The third-order valence-corrected chi connectivity index (χ3v) is 4.09. The highest BCUT2D eigenvalue weighted by Gasteiger charge is 2.16. The van der Waals surface area contributed by atoms with Crippen molar-refractivity contribution in [3.05, 3.63) is 41.2 Å². The number of nitrogens with one attached hydrogen (secondary N) is 1. The quantitative estimate of drug-likeness (QED) is 0.840. The lowest BCUT2D eigenvalue weighted by Crippen LogP contribution is -2.16. The normalized spacial score (nSPS) is 11.3. The number of hydrogen-bond acceptors (Lipinski definition) is 5. The Bertz CT molecular complexity index is 737. The Kier molecular flexibility index (Phi) is 3.63. The van der Waals surface area contributed by atoms with Crippen molar-refractivity contribution < 1.29 is 8.42 Å². The molecule has 6 nitrogen and oxygen atoms in total. The summed E-state index contributed by atoms with van der Waals surface area (Å²) in [7, 11) is -3.72. The van der Waals surface area contributed by atoms with E-state index in [2.05, 4.69) is 14.7 Å². The lowest BCUT2D eigenvalue weighted by Gasteiger charge is -2.09. The van der Waals surface area contributed by atoms with Crippen molar-refractivity contribution in [1.29, 1.82) is 0 Å². The summed E-state index contributed by atoms with van der Waals surface area (Å²) in [6.45, 7) is 5.31. The molecule has 0 atom stereocenters. The Hall–Kier alpha value is -2.15. The number of aryl methyl sites for hydroxylation is 3. The number of hydrogen-bond donors (Lipinski definition) is 2. The third-order valence-electron chi connectivity index (χ3n) is 2.76. The van der Waals surface area contributed by atoms with Gasteiger partial charge in [-0.05, 0) is 50.6 Å². The van der Waals surface area contributed by atoms with Gasteiger partial charge in [-0.1, -0.05) is 0 Å². The summed E-state index contributed by atoms with van der Waals surface area (Å²) in [5.41, 5.74) is 8.33. The van der Waals surface area contributed by atoms with Gasteiger partial charge in [0.15, 0.2) is 0 Å². The first-order valence-corrected chi connectivity index (χ1v) is 7.47. The lowest BCUT2D eigenvalue weighted by molar-refractivity contribution is 0.600. The number of benzene rings is 1. The fraction of sp³-hybridized carbons (Fsp3) is 0.231. The van der Waals surface area contributed by atoms with Crippen LogP contribution in [0.1, 0.15) is 17.0 Å². The van der Waals surface area contributed by atoms with Crippen molar-refractivity contribution in [1.82, 2.24) is 9.97 Å². The van der Waals surface area contributed by atoms with Gasteiger partial charge in [0.2, 0.25) is 5.95 Å². The monoisotopic (exact) mass is 292 g/mol. The van der Waals surface area contributed by atoms with E-state index in [9.17, 15) is 8.42 Å². The number of sulfonamides is 1. The van der Waals surface area contributed by atoms with Gasteiger partial charge in [-0.3, -0.25) is 0 Å². The molecule has 0 amide bonds. The molecule has 1 heterocycles. The fourth-order valence-corrected chi connectivity index (χ4v) is 2.79. The van der Waals surface area contributed by atoms with E-state index in [1.165, 1.54) is 12.1 Å². The topological polar surface area (TPSA) is 98.0 Å². The highest BCUT2D eigenvalue weighted by atomic mass is 32.2. The molecule has 2 rings (SSSR count). The van der Waals surface area contributed by atoms with Crippen molar-refractivity contribution in [2.75, 3.05) is 10.5 Å². The van der Waals surface area contributed by atoms with E-state index in [-0.39, 0.29) is 10.8 Å². The number of nitrogens with two attached hydrogens (primary N) is 1. The van der Waals surface area contributed by atoms with Crippen LogP contribution in [0.5, 0.6) is 0 Å². The number of nitrogen functional groups attached to an aromatic ring is 1. The number of aromatic nitrogens is 2. The second-order valence-corrected chi connectivity index (χ2v) is 6.28. The molecule has 7 heteroatoms. The molecule has 0 radical (unpaired) electrons. The molecule has 1 aromatic heterocycles. The molecule has 0 unspecified atom stereocenters. The standard InChI is InChI=1S/C13H16N4O2S/c1-8-6-11(4-5-12(8)14)20(18,19)17-13-15-9(2)7-10(3)16-13/h4-7H,14H2,1-3H3,(H,15,16,17). The van der Waals surface area contributed by atoms with Crippen LogP contribution in [0.2, 0.25) is 0 Å². The molecule has 2 aromatic rings. The van der Waals surface area contributed by atoms with Gasteiger partial charge in [0, 0.05) is 17.1 Å². The summed E-state index contributed by atoms with van der Waals surface area (Å²) in [5, 5.41) is 0. The maximum absolute atomic E-state index is 12.3. The summed E-state index contributed by atoms with van der Waals surface area (Å²) in [5.74, 6) is 0.0666. The molecule has 0 saturated carbocycles. The maximum atomic E-state index is 12.3. The largest absolute Gasteiger partial charge is 0.399 e. The van der Waals surface area contributed by atoms with Crippen LogP contribution in [0, 0.1) is 20.8 Å². The minimum Gasteiger partial charge on any atom is -0.399 e. The van der Waals surface area contributed by atoms with Crippen molar-refractivity contribution in [3.8, 4) is 0 Å². The molecule has 20 heavy (non-hydrogen) atoms. The van der Waals surface area contributed by atoms with Crippen molar-refractivity contribution >= 4 is 21.7 Å². The second-order valence-electron chi connectivity index (χ2n) is 4.60. The van der Waals surface area contributed by atoms with Gasteiger partial charge in [-0.2, -0.15) is 0 Å². The first kappa shape index (κ1) is 14.3. The summed E-state index contributed by atoms with van der Waals surface area (Å²) in [4.78, 5) is 8.25. The van der Waals surface area contributed by atoms with E-state index < -0.39 is 10.0 Å². The summed E-state index contributed by atoms with van der Waals surface area (Å²) < 4.78 is 26.9. The van der Waals surface area contributed by atoms with Gasteiger partial charge in [0.25, 0.3) is 10.0 Å². The second kappa shape index (κ2) is 5.09. The molecule has 0 bridgehead atoms. The molecule has 0 fully saturated rings. The van der Waals surface area contributed by atoms with Crippen LogP contribution in [0.15, 0.2) is 29.2 Å². The Morgan fingerprint density at radius 1 is 1.05 bits per heavy atom. The van der Waals surface area contributed by atoms with Crippen LogP contribution in [-0.4, -0.2) is 18.4 Å². The van der Waals surface area contributed by atoms with Gasteiger partial charge >= 0.3 is 0 Å². The predicted molar refractivity (Wildman–Crippen MR) is 77.9 cm³/mol. The molecule has 0 aliphatic rings. The van der Waals surface area contributed by atoms with Crippen molar-refractivity contribution in [2.24, 2.45) is 0 Å². The Morgan fingerprint density at radius 2 is 1.65 bits per heavy atom. The van der Waals surface area contributed by atoms with Gasteiger partial charge in [0.1, 0.15) is 0 Å². The van der Waals surface area contributed by atoms with Gasteiger partial charge < -0.3 is 5.73 Å². The van der Waals surface area contributed by atoms with E-state index in [4.69, 9.17) is 5.73 Å². The number of nitrogens with zero attached hydrogens (tertiary/aromatic N) is 2. The summed E-state index contributed by atoms with van der Waals surface area (Å²) in [6.07, 6.45) is 0. The van der Waals surface area contributed by atoms with Crippen LogP contribution < -0.4 is 10.5 Å². The van der Waals surface area contributed by atoms with E-state index in [1.807, 2.05) is 0 Å². The molecule has 3 N–H and O–H groups in total. The zero-order chi connectivity index (χ0) is 14.9. The van der Waals surface area contributed by atoms with Crippen LogP contribution in [0.4, 0.5) is 11.6 Å². The van der Waals surface area contributed by atoms with Crippen LogP contribution in [-0.2, 0) is 10.0 Å². The molecule has 1 aromatic carbocycles. The maximum Gasteiger partial charge on any atom is 0.264 e. The molecule has 0 saturated heterocycles. The average molecular weight is 292 g/mol. The lowest BCUT2D eigenvalue weighted by atomic mass is 10.2. The van der Waals surface area contributed by atoms with Crippen molar-refractivity contribution in [3.63, 3.8) is 0 Å². The van der Waals surface area contributed by atoms with E-state index >= 15 is 0 Å². The first-order valence-electron chi connectivity index (χ1n) is 5.99. The highest BCUT2D eigenvalue weighted by Crippen LogP contribution is 2.19. The van der Waals surface area contributed by atoms with Crippen molar-refractivity contribution in [2.45, 2.75) is 25.7 Å². The summed E-state index contributed by atoms with van der Waals surface area (Å²) in [6, 6.07) is 6.30. The molecule has 0 aliphatic carbocycles. The van der Waals surface area contributed by atoms with E-state index in [0.717, 1.165) is 0 Å². The molecule has 106 valence electrons. The first-order chi connectivity index (χ1) is 9.28. The SMILES string of the molecule is Cc1cc(C)nc(NS(=O)(=O)c2ccc(N)c(C)c2)n1. The fourth-order valence-electron chi connectivity index (χ4n) is 1.77. The molecular formula is C13H16N4O2S. The zero-order valence-corrected chi connectivity index (χ0v) is 12.3.